The fourth-order valence-corrected chi connectivity index (χ4v) is 4.41. The van der Waals surface area contributed by atoms with Crippen LogP contribution in [0.25, 0.3) is 0 Å². The summed E-state index contributed by atoms with van der Waals surface area (Å²) in [6.45, 7) is 4.46. The van der Waals surface area contributed by atoms with E-state index in [2.05, 4.69) is 23.5 Å². The Bertz CT molecular complexity index is 508. The summed E-state index contributed by atoms with van der Waals surface area (Å²) >= 11 is 0. The second-order valence-corrected chi connectivity index (χ2v) is 6.90. The van der Waals surface area contributed by atoms with E-state index in [4.69, 9.17) is 9.47 Å². The maximum atomic E-state index is 5.58. The molecule has 1 saturated carbocycles. The quantitative estimate of drug-likeness (QED) is 0.926. The first-order chi connectivity index (χ1) is 10.4. The van der Waals surface area contributed by atoms with Crippen molar-refractivity contribution in [1.82, 2.24) is 5.32 Å². The lowest BCUT2D eigenvalue weighted by Gasteiger charge is -2.39. The number of nitrogens with one attached hydrogen (secondary N) is 1. The fourth-order valence-electron chi connectivity index (χ4n) is 4.41. The lowest BCUT2D eigenvalue weighted by Crippen LogP contribution is -2.44. The van der Waals surface area contributed by atoms with E-state index < -0.39 is 0 Å². The van der Waals surface area contributed by atoms with Crippen LogP contribution in [0.5, 0.6) is 0 Å². The molecule has 1 saturated heterocycles. The minimum Gasteiger partial charge on any atom is -0.381 e. The second kappa shape index (κ2) is 5.71. The summed E-state index contributed by atoms with van der Waals surface area (Å²) in [5.74, 6) is 0. The molecule has 1 aliphatic carbocycles. The lowest BCUT2D eigenvalue weighted by molar-refractivity contribution is 0.00415. The predicted molar refractivity (Wildman–Crippen MR) is 81.9 cm³/mol. The van der Waals surface area contributed by atoms with Crippen molar-refractivity contribution in [2.45, 2.75) is 57.9 Å². The molecule has 2 aliphatic heterocycles. The summed E-state index contributed by atoms with van der Waals surface area (Å²) in [6.07, 6.45) is 6.56. The first-order valence-corrected chi connectivity index (χ1v) is 8.35. The Morgan fingerprint density at radius 2 is 1.90 bits per heavy atom. The largest absolute Gasteiger partial charge is 0.381 e. The Labute approximate surface area is 127 Å². The summed E-state index contributed by atoms with van der Waals surface area (Å²) in [6, 6.07) is 7.48. The molecule has 0 bridgehead atoms. The Hall–Kier alpha value is -0.900. The summed E-state index contributed by atoms with van der Waals surface area (Å²) in [7, 11) is 0. The monoisotopic (exact) mass is 287 g/mol. The molecule has 0 aromatic heterocycles. The minimum absolute atomic E-state index is 0.512. The van der Waals surface area contributed by atoms with Crippen molar-refractivity contribution in [3.63, 3.8) is 0 Å². The van der Waals surface area contributed by atoms with E-state index in [1.54, 1.807) is 0 Å². The number of fused-ring (bicyclic) bond motifs is 1. The van der Waals surface area contributed by atoms with Crippen molar-refractivity contribution in [3.05, 3.63) is 34.9 Å². The summed E-state index contributed by atoms with van der Waals surface area (Å²) < 4.78 is 11.1. The molecule has 1 N–H and O–H groups in total. The topological polar surface area (TPSA) is 30.5 Å². The zero-order chi connectivity index (χ0) is 14.1. The van der Waals surface area contributed by atoms with E-state index in [9.17, 15) is 0 Å². The van der Waals surface area contributed by atoms with Crippen LogP contribution in [-0.4, -0.2) is 19.3 Å². The van der Waals surface area contributed by atoms with E-state index >= 15 is 0 Å². The van der Waals surface area contributed by atoms with Crippen LogP contribution >= 0.6 is 0 Å². The molecule has 1 spiro atoms. The van der Waals surface area contributed by atoms with Gasteiger partial charge in [-0.15, -0.1) is 0 Å². The van der Waals surface area contributed by atoms with Crippen molar-refractivity contribution < 1.29 is 9.47 Å². The number of hydrogen-bond donors (Lipinski definition) is 1. The van der Waals surface area contributed by atoms with Gasteiger partial charge in [-0.3, -0.25) is 0 Å². The van der Waals surface area contributed by atoms with E-state index in [0.717, 1.165) is 33.0 Å². The van der Waals surface area contributed by atoms with Crippen LogP contribution in [0.15, 0.2) is 18.2 Å². The summed E-state index contributed by atoms with van der Waals surface area (Å²) in [5, 5.41) is 3.85. The molecular formula is C18H25NO2. The standard InChI is InChI=1S/C18H25NO2/c1-2-17(18(5-1)6-8-20-9-7-18)19-11-14-3-4-15-12-21-13-16(15)10-14/h3-4,10,17,19H,1-2,5-9,11-13H2/t17-/m0/s1. The van der Waals surface area contributed by atoms with Crippen LogP contribution in [0.4, 0.5) is 0 Å². The van der Waals surface area contributed by atoms with Crippen molar-refractivity contribution in [3.8, 4) is 0 Å². The van der Waals surface area contributed by atoms with Crippen molar-refractivity contribution in [2.24, 2.45) is 5.41 Å². The van der Waals surface area contributed by atoms with Gasteiger partial charge < -0.3 is 14.8 Å². The Morgan fingerprint density at radius 3 is 2.81 bits per heavy atom. The van der Waals surface area contributed by atoms with Gasteiger partial charge in [-0.05, 0) is 47.8 Å². The maximum Gasteiger partial charge on any atom is 0.0725 e. The molecule has 3 heteroatoms. The number of rotatable bonds is 3. The lowest BCUT2D eigenvalue weighted by atomic mass is 9.75. The highest BCUT2D eigenvalue weighted by atomic mass is 16.5. The van der Waals surface area contributed by atoms with Crippen molar-refractivity contribution >= 4 is 0 Å². The van der Waals surface area contributed by atoms with Crippen LogP contribution < -0.4 is 5.32 Å². The SMILES string of the molecule is c1cc2c(cc1CN[C@H]1CCCC13CCOCC3)COC2. The highest BCUT2D eigenvalue weighted by Crippen LogP contribution is 2.46. The highest BCUT2D eigenvalue weighted by molar-refractivity contribution is 5.33. The normalized spacial score (nSPS) is 27.1. The van der Waals surface area contributed by atoms with Crippen molar-refractivity contribution in [2.75, 3.05) is 13.2 Å². The number of benzene rings is 1. The van der Waals surface area contributed by atoms with E-state index in [0.29, 0.717) is 11.5 Å². The molecule has 3 aliphatic rings. The van der Waals surface area contributed by atoms with Crippen LogP contribution in [0, 0.1) is 5.41 Å². The predicted octanol–water partition coefficient (Wildman–Crippen LogP) is 3.16. The molecule has 2 heterocycles. The molecule has 0 amide bonds. The minimum atomic E-state index is 0.512. The van der Waals surface area contributed by atoms with Crippen LogP contribution in [0.2, 0.25) is 0 Å². The van der Waals surface area contributed by atoms with Gasteiger partial charge in [0.15, 0.2) is 0 Å². The average Bonchev–Trinajstić information content (AvgIpc) is 3.13. The molecule has 1 aromatic rings. The van der Waals surface area contributed by atoms with Crippen LogP contribution in [0.3, 0.4) is 0 Å². The van der Waals surface area contributed by atoms with Gasteiger partial charge in [0.05, 0.1) is 13.2 Å². The molecule has 0 unspecified atom stereocenters. The first-order valence-electron chi connectivity index (χ1n) is 8.35. The third kappa shape index (κ3) is 2.63. The second-order valence-electron chi connectivity index (χ2n) is 6.90. The summed E-state index contributed by atoms with van der Waals surface area (Å²) in [4.78, 5) is 0. The molecule has 2 fully saturated rings. The zero-order valence-corrected chi connectivity index (χ0v) is 12.7. The van der Waals surface area contributed by atoms with E-state index in [1.807, 2.05) is 0 Å². The fraction of sp³-hybridized carbons (Fsp3) is 0.667. The third-order valence-corrected chi connectivity index (χ3v) is 5.73. The van der Waals surface area contributed by atoms with Gasteiger partial charge in [0, 0.05) is 25.8 Å². The maximum absolute atomic E-state index is 5.58. The highest BCUT2D eigenvalue weighted by Gasteiger charge is 2.43. The smallest absolute Gasteiger partial charge is 0.0725 e. The Morgan fingerprint density at radius 1 is 1.05 bits per heavy atom. The van der Waals surface area contributed by atoms with Crippen LogP contribution in [0.1, 0.15) is 48.8 Å². The van der Waals surface area contributed by atoms with Gasteiger partial charge in [-0.25, -0.2) is 0 Å². The average molecular weight is 287 g/mol. The van der Waals surface area contributed by atoms with Gasteiger partial charge in [-0.1, -0.05) is 24.6 Å². The molecule has 114 valence electrons. The van der Waals surface area contributed by atoms with E-state index in [-0.39, 0.29) is 0 Å². The molecule has 1 atom stereocenters. The number of ether oxygens (including phenoxy) is 2. The summed E-state index contributed by atoms with van der Waals surface area (Å²) in [5.41, 5.74) is 4.65. The molecule has 1 aromatic carbocycles. The molecule has 0 radical (unpaired) electrons. The Kier molecular flexibility index (Phi) is 3.74. The van der Waals surface area contributed by atoms with E-state index in [1.165, 1.54) is 48.8 Å². The number of hydrogen-bond acceptors (Lipinski definition) is 3. The molecule has 21 heavy (non-hydrogen) atoms. The van der Waals surface area contributed by atoms with Crippen LogP contribution in [-0.2, 0) is 29.2 Å². The van der Waals surface area contributed by atoms with Gasteiger partial charge in [0.25, 0.3) is 0 Å². The zero-order valence-electron chi connectivity index (χ0n) is 12.7. The Balaban J connectivity index is 1.42. The van der Waals surface area contributed by atoms with Gasteiger partial charge in [0.1, 0.15) is 0 Å². The molecule has 4 rings (SSSR count). The van der Waals surface area contributed by atoms with Gasteiger partial charge in [-0.2, -0.15) is 0 Å². The molecular weight excluding hydrogens is 262 g/mol. The van der Waals surface area contributed by atoms with Gasteiger partial charge in [0.2, 0.25) is 0 Å². The van der Waals surface area contributed by atoms with Crippen molar-refractivity contribution in [1.29, 1.82) is 0 Å². The third-order valence-electron chi connectivity index (χ3n) is 5.73. The first kappa shape index (κ1) is 13.7. The molecule has 3 nitrogen and oxygen atoms in total. The van der Waals surface area contributed by atoms with Gasteiger partial charge >= 0.3 is 0 Å².